The molecule has 1 aliphatic carbocycles. The molecule has 17 heavy (non-hydrogen) atoms. The lowest BCUT2D eigenvalue weighted by Crippen LogP contribution is -2.20. The molecule has 1 fully saturated rings. The van der Waals surface area contributed by atoms with E-state index in [2.05, 4.69) is 23.9 Å². The molecule has 1 saturated carbocycles. The molecule has 0 radical (unpaired) electrons. The van der Waals surface area contributed by atoms with Gasteiger partial charge in [-0.05, 0) is 30.4 Å². The highest BCUT2D eigenvalue weighted by Gasteiger charge is 2.33. The van der Waals surface area contributed by atoms with Gasteiger partial charge in [0.1, 0.15) is 5.69 Å². The van der Waals surface area contributed by atoms with Crippen molar-refractivity contribution in [2.75, 3.05) is 18.5 Å². The number of carbonyl (C=O) groups excluding carboxylic acids is 1. The maximum absolute atomic E-state index is 11.4. The van der Waals surface area contributed by atoms with E-state index in [0.717, 1.165) is 24.1 Å². The third-order valence-corrected chi connectivity index (χ3v) is 3.58. The molecule has 0 amide bonds. The summed E-state index contributed by atoms with van der Waals surface area (Å²) >= 11 is 0. The van der Waals surface area contributed by atoms with Crippen LogP contribution in [0.1, 0.15) is 37.2 Å². The van der Waals surface area contributed by atoms with Crippen molar-refractivity contribution in [2.45, 2.75) is 26.7 Å². The first-order valence-electron chi connectivity index (χ1n) is 6.32. The van der Waals surface area contributed by atoms with Crippen LogP contribution in [0.4, 0.5) is 5.69 Å². The van der Waals surface area contributed by atoms with Gasteiger partial charge in [0.05, 0.1) is 11.9 Å². The van der Waals surface area contributed by atoms with Crippen LogP contribution in [0, 0.1) is 11.8 Å². The quantitative estimate of drug-likeness (QED) is 0.732. The second-order valence-corrected chi connectivity index (χ2v) is 5.03. The van der Waals surface area contributed by atoms with Crippen molar-refractivity contribution < 1.29 is 4.79 Å². The van der Waals surface area contributed by atoms with Crippen molar-refractivity contribution in [3.05, 3.63) is 24.0 Å². The first-order valence-corrected chi connectivity index (χ1v) is 6.32. The Balaban J connectivity index is 1.99. The molecule has 0 saturated heterocycles. The average Bonchev–Trinajstić information content (AvgIpc) is 3.04. The van der Waals surface area contributed by atoms with Crippen LogP contribution in [-0.4, -0.2) is 24.4 Å². The average molecular weight is 232 g/mol. The van der Waals surface area contributed by atoms with E-state index in [0.29, 0.717) is 12.1 Å². The van der Waals surface area contributed by atoms with Gasteiger partial charge in [-0.3, -0.25) is 9.78 Å². The Kier molecular flexibility index (Phi) is 3.46. The normalized spacial score (nSPS) is 22.3. The monoisotopic (exact) mass is 232 g/mol. The minimum atomic E-state index is 0.106. The molecular formula is C14H20N2O. The fourth-order valence-corrected chi connectivity index (χ4v) is 2.07. The van der Waals surface area contributed by atoms with Crippen molar-refractivity contribution in [1.82, 2.24) is 4.98 Å². The first kappa shape index (κ1) is 12.1. The molecule has 1 aliphatic rings. The summed E-state index contributed by atoms with van der Waals surface area (Å²) in [6.07, 6.45) is 3.65. The Morgan fingerprint density at radius 3 is 2.71 bits per heavy atom. The largest absolute Gasteiger partial charge is 0.373 e. The number of hydrogen-bond acceptors (Lipinski definition) is 3. The van der Waals surface area contributed by atoms with Gasteiger partial charge in [-0.15, -0.1) is 0 Å². The van der Waals surface area contributed by atoms with Gasteiger partial charge in [0.15, 0.2) is 5.78 Å². The number of hydrogen-bond donors (Lipinski definition) is 0. The molecule has 1 aromatic heterocycles. The van der Waals surface area contributed by atoms with Crippen LogP contribution in [-0.2, 0) is 0 Å². The van der Waals surface area contributed by atoms with Gasteiger partial charge in [-0.1, -0.05) is 13.8 Å². The fourth-order valence-electron chi connectivity index (χ4n) is 2.07. The van der Waals surface area contributed by atoms with Crippen molar-refractivity contribution in [3.8, 4) is 0 Å². The Morgan fingerprint density at radius 2 is 2.24 bits per heavy atom. The molecular weight excluding hydrogens is 212 g/mol. The highest BCUT2D eigenvalue weighted by molar-refractivity contribution is 5.94. The van der Waals surface area contributed by atoms with Crippen LogP contribution in [0.3, 0.4) is 0 Å². The second-order valence-electron chi connectivity index (χ2n) is 5.03. The Hall–Kier alpha value is -1.38. The third kappa shape index (κ3) is 2.84. The lowest BCUT2D eigenvalue weighted by atomic mass is 10.2. The summed E-state index contributed by atoms with van der Waals surface area (Å²) in [6.45, 7) is 5.24. The molecule has 92 valence electrons. The number of rotatable bonds is 5. The van der Waals surface area contributed by atoms with Crippen molar-refractivity contribution >= 4 is 11.5 Å². The van der Waals surface area contributed by atoms with Crippen LogP contribution in [0.2, 0.25) is 0 Å². The summed E-state index contributed by atoms with van der Waals surface area (Å²) in [4.78, 5) is 17.9. The summed E-state index contributed by atoms with van der Waals surface area (Å²) in [7, 11) is 2.09. The number of carbonyl (C=O) groups is 1. The van der Waals surface area contributed by atoms with E-state index in [1.807, 2.05) is 19.1 Å². The molecule has 2 atom stereocenters. The van der Waals surface area contributed by atoms with E-state index >= 15 is 0 Å². The zero-order valence-corrected chi connectivity index (χ0v) is 10.8. The molecule has 0 aromatic carbocycles. The van der Waals surface area contributed by atoms with Gasteiger partial charge in [0.25, 0.3) is 0 Å². The van der Waals surface area contributed by atoms with Crippen LogP contribution in [0.5, 0.6) is 0 Å². The maximum Gasteiger partial charge on any atom is 0.180 e. The van der Waals surface area contributed by atoms with Gasteiger partial charge in [0.2, 0.25) is 0 Å². The van der Waals surface area contributed by atoms with Crippen LogP contribution in [0.15, 0.2) is 18.3 Å². The SMILES string of the molecule is CCC(=O)c1ccc(N(C)CC2CC2C)cn1. The highest BCUT2D eigenvalue weighted by atomic mass is 16.1. The molecule has 3 nitrogen and oxygen atoms in total. The maximum atomic E-state index is 11.4. The Morgan fingerprint density at radius 1 is 1.53 bits per heavy atom. The molecule has 0 aliphatic heterocycles. The number of pyridine rings is 1. The second kappa shape index (κ2) is 4.86. The van der Waals surface area contributed by atoms with Crippen molar-refractivity contribution in [2.24, 2.45) is 11.8 Å². The first-order chi connectivity index (χ1) is 8.11. The van der Waals surface area contributed by atoms with E-state index in [-0.39, 0.29) is 5.78 Å². The number of aromatic nitrogens is 1. The van der Waals surface area contributed by atoms with Gasteiger partial charge in [0, 0.05) is 20.0 Å². The molecule has 1 heterocycles. The molecule has 0 spiro atoms. The predicted octanol–water partition coefficient (Wildman–Crippen LogP) is 2.77. The minimum Gasteiger partial charge on any atom is -0.373 e. The van der Waals surface area contributed by atoms with Crippen LogP contribution < -0.4 is 4.90 Å². The van der Waals surface area contributed by atoms with Crippen molar-refractivity contribution in [3.63, 3.8) is 0 Å². The van der Waals surface area contributed by atoms with Gasteiger partial charge in [-0.2, -0.15) is 0 Å². The summed E-state index contributed by atoms with van der Waals surface area (Å²) in [5, 5.41) is 0. The summed E-state index contributed by atoms with van der Waals surface area (Å²) < 4.78 is 0. The van der Waals surface area contributed by atoms with E-state index in [1.54, 1.807) is 6.20 Å². The molecule has 2 unspecified atom stereocenters. The Labute approximate surface area is 103 Å². The molecule has 0 N–H and O–H groups in total. The van der Waals surface area contributed by atoms with Gasteiger partial charge >= 0.3 is 0 Å². The third-order valence-electron chi connectivity index (χ3n) is 3.58. The zero-order valence-electron chi connectivity index (χ0n) is 10.8. The summed E-state index contributed by atoms with van der Waals surface area (Å²) in [6, 6.07) is 3.82. The number of nitrogens with zero attached hydrogens (tertiary/aromatic N) is 2. The zero-order chi connectivity index (χ0) is 12.4. The van der Waals surface area contributed by atoms with E-state index in [4.69, 9.17) is 0 Å². The lowest BCUT2D eigenvalue weighted by molar-refractivity contribution is 0.0983. The van der Waals surface area contributed by atoms with Crippen molar-refractivity contribution in [1.29, 1.82) is 0 Å². The number of anilines is 1. The predicted molar refractivity (Wildman–Crippen MR) is 69.4 cm³/mol. The van der Waals surface area contributed by atoms with E-state index in [1.165, 1.54) is 6.42 Å². The fraction of sp³-hybridized carbons (Fsp3) is 0.571. The molecule has 0 bridgehead atoms. The lowest BCUT2D eigenvalue weighted by Gasteiger charge is -2.18. The smallest absolute Gasteiger partial charge is 0.180 e. The van der Waals surface area contributed by atoms with Crippen LogP contribution in [0.25, 0.3) is 0 Å². The van der Waals surface area contributed by atoms with Gasteiger partial charge < -0.3 is 4.90 Å². The standard InChI is InChI=1S/C14H20N2O/c1-4-14(17)13-6-5-12(8-15-13)16(3)9-11-7-10(11)2/h5-6,8,10-11H,4,7,9H2,1-3H3. The Bertz CT molecular complexity index is 399. The molecule has 3 heteroatoms. The summed E-state index contributed by atoms with van der Waals surface area (Å²) in [5.41, 5.74) is 1.67. The topological polar surface area (TPSA) is 33.2 Å². The summed E-state index contributed by atoms with van der Waals surface area (Å²) in [5.74, 6) is 1.80. The van der Waals surface area contributed by atoms with E-state index < -0.39 is 0 Å². The molecule has 1 aromatic rings. The van der Waals surface area contributed by atoms with Crippen LogP contribution >= 0.6 is 0 Å². The van der Waals surface area contributed by atoms with E-state index in [9.17, 15) is 4.79 Å². The molecule has 2 rings (SSSR count). The minimum absolute atomic E-state index is 0.106. The number of ketones is 1. The number of Topliss-reactive ketones (excluding diaryl/α,β-unsaturated/α-hetero) is 1. The van der Waals surface area contributed by atoms with Gasteiger partial charge in [-0.25, -0.2) is 0 Å². The highest BCUT2D eigenvalue weighted by Crippen LogP contribution is 2.38.